The Morgan fingerprint density at radius 1 is 0.453 bits per heavy atom. The van der Waals surface area contributed by atoms with Crippen molar-refractivity contribution >= 4 is 32.8 Å². The normalized spacial score (nSPS) is 15.8. The number of aromatic nitrogens is 4. The fourth-order valence-corrected chi connectivity index (χ4v) is 11.4. The van der Waals surface area contributed by atoms with E-state index >= 15 is 0 Å². The average Bonchev–Trinajstić information content (AvgIpc) is 1.04. The molecule has 0 atom stereocenters. The van der Waals surface area contributed by atoms with Gasteiger partial charge >= 0.3 is 0 Å². The first-order chi connectivity index (χ1) is 49.0. The van der Waals surface area contributed by atoms with Crippen molar-refractivity contribution in [1.82, 2.24) is 14.1 Å². The minimum atomic E-state index is -2.85. The van der Waals surface area contributed by atoms with Crippen LogP contribution >= 0.6 is 0 Å². The molecule has 0 spiro atoms. The van der Waals surface area contributed by atoms with E-state index in [9.17, 15) is 2.74 Å². The number of nitrogens with zero attached hydrogens (tertiary/aromatic N) is 4. The van der Waals surface area contributed by atoms with Crippen LogP contribution in [0.2, 0.25) is 0 Å². The summed E-state index contributed by atoms with van der Waals surface area (Å²) in [5.41, 5.74) is 7.16. The predicted octanol–water partition coefficient (Wildman–Crippen LogP) is 21.1. The van der Waals surface area contributed by atoms with Crippen LogP contribution in [0.1, 0.15) is 122 Å². The Kier molecular flexibility index (Phi) is 9.41. The van der Waals surface area contributed by atoms with Crippen LogP contribution < -0.4 is 9.30 Å². The van der Waals surface area contributed by atoms with Crippen LogP contribution in [0.4, 0.5) is 0 Å². The van der Waals surface area contributed by atoms with Gasteiger partial charge in [0.1, 0.15) is 17.3 Å². The maximum absolute atomic E-state index is 9.46. The van der Waals surface area contributed by atoms with Gasteiger partial charge in [0.05, 0.1) is 47.1 Å². The number of aryl methyl sites for hydroxylation is 3. The van der Waals surface area contributed by atoms with Crippen molar-refractivity contribution in [1.29, 1.82) is 0 Å². The number of benzene rings is 10. The van der Waals surface area contributed by atoms with Crippen molar-refractivity contribution in [3.63, 3.8) is 0 Å². The molecular formula is C81H74N4O. The lowest BCUT2D eigenvalue weighted by molar-refractivity contribution is -0.571. The number of fused-ring (bicyclic) bond motifs is 4. The average molecular weight is 1140 g/mol. The first-order valence-corrected chi connectivity index (χ1v) is 28.6. The number of para-hydroxylation sites is 1. The second-order valence-electron chi connectivity index (χ2n) is 25.0. The smallest absolute Gasteiger partial charge is 0.269 e. The van der Waals surface area contributed by atoms with Crippen LogP contribution in [-0.4, -0.2) is 14.1 Å². The van der Waals surface area contributed by atoms with Crippen molar-refractivity contribution in [2.45, 2.75) is 99.1 Å². The van der Waals surface area contributed by atoms with Gasteiger partial charge in [0.25, 0.3) is 6.33 Å². The van der Waals surface area contributed by atoms with E-state index in [1.165, 1.54) is 30.5 Å². The lowest BCUT2D eigenvalue weighted by Gasteiger charge is -2.27. The molecule has 424 valence electrons. The Hall–Kier alpha value is -9.58. The third-order valence-corrected chi connectivity index (χ3v) is 16.0. The van der Waals surface area contributed by atoms with Gasteiger partial charge in [-0.2, -0.15) is 0 Å². The first kappa shape index (κ1) is 37.7. The highest BCUT2D eigenvalue weighted by molar-refractivity contribution is 6.09. The molecular weight excluding hydrogens is 1040 g/mol. The molecule has 86 heavy (non-hydrogen) atoms. The molecule has 0 amide bonds. The van der Waals surface area contributed by atoms with Crippen molar-refractivity contribution in [3.05, 3.63) is 270 Å². The monoisotopic (exact) mass is 1140 g/mol. The minimum Gasteiger partial charge on any atom is -0.458 e. The van der Waals surface area contributed by atoms with Gasteiger partial charge < -0.3 is 4.74 Å². The van der Waals surface area contributed by atoms with Gasteiger partial charge in [-0.25, -0.2) is 4.98 Å². The highest BCUT2D eigenvalue weighted by Gasteiger charge is 2.27. The largest absolute Gasteiger partial charge is 0.458 e. The molecule has 0 unspecified atom stereocenters. The van der Waals surface area contributed by atoms with E-state index in [0.717, 1.165) is 33.0 Å². The molecule has 0 aliphatic carbocycles. The van der Waals surface area contributed by atoms with Gasteiger partial charge in [-0.3, -0.25) is 13.7 Å². The molecule has 5 heteroatoms. The molecule has 5 nitrogen and oxygen atoms in total. The summed E-state index contributed by atoms with van der Waals surface area (Å²) < 4.78 is 179. The molecule has 0 aliphatic heterocycles. The van der Waals surface area contributed by atoms with Crippen LogP contribution in [0, 0.1) is 26.9 Å². The van der Waals surface area contributed by atoms with Crippen LogP contribution in [0.15, 0.2) is 230 Å². The maximum atomic E-state index is 9.46. The summed E-state index contributed by atoms with van der Waals surface area (Å²) in [5.74, 6) is 0.824. The van der Waals surface area contributed by atoms with Gasteiger partial charge in [-0.05, 0) is 181 Å². The summed E-state index contributed by atoms with van der Waals surface area (Å²) >= 11 is 0. The lowest BCUT2D eigenvalue weighted by Crippen LogP contribution is -2.31. The van der Waals surface area contributed by atoms with Gasteiger partial charge in [0.2, 0.25) is 0 Å². The third kappa shape index (κ3) is 10.4. The highest BCUT2D eigenvalue weighted by Crippen LogP contribution is 2.44. The topological polar surface area (TPSA) is 35.9 Å². The standard InChI is InChI=1S/C81H74N4O/c1-52-24-21-25-53(2)77(52)58-36-39-73-75(46-58)83(64-32-23-33-65(48-64)86-66-37-38-68-67-34-19-20-35-72(67)85(74(68)49-66)76-40-54(3)71(50-82-76)56-28-17-14-18-29-56)51-84(73)78-69(57-30-22-31-61(41-57)79(4,5)6)44-59(55-26-15-13-16-27-55)45-70(78)60-42-62(80(7,8)9)47-63(43-60)81(10,11)12/h13-50H,1-12H3/i1D3,2D3,3D3,13D,14D,15D,16D,17D,18D,26D,27D,28D,29D. The van der Waals surface area contributed by atoms with E-state index < -0.39 is 91.8 Å². The van der Waals surface area contributed by atoms with Gasteiger partial charge in [0.15, 0.2) is 0 Å². The summed E-state index contributed by atoms with van der Waals surface area (Å²) in [6, 6.07) is 43.9. The van der Waals surface area contributed by atoms with Crippen molar-refractivity contribution in [2.24, 2.45) is 0 Å². The van der Waals surface area contributed by atoms with E-state index in [0.29, 0.717) is 67.2 Å². The lowest BCUT2D eigenvalue weighted by atomic mass is 9.78. The molecule has 0 fully saturated rings. The second kappa shape index (κ2) is 21.5. The third-order valence-electron chi connectivity index (χ3n) is 16.0. The number of hydrogen-bond donors (Lipinski definition) is 0. The molecule has 0 aliphatic rings. The first-order valence-electron chi connectivity index (χ1n) is 38.1. The zero-order chi connectivity index (χ0) is 76.0. The summed E-state index contributed by atoms with van der Waals surface area (Å²) in [5, 5.41) is 1.54. The van der Waals surface area contributed by atoms with Crippen LogP contribution in [0.25, 0.3) is 106 Å². The molecule has 0 bridgehead atoms. The number of pyridine rings is 1. The molecule has 3 aromatic heterocycles. The van der Waals surface area contributed by atoms with Gasteiger partial charge in [-0.15, -0.1) is 0 Å². The van der Waals surface area contributed by atoms with E-state index in [1.807, 2.05) is 71.3 Å². The fraction of sp³-hybridized carbons (Fsp3) is 0.185. The summed E-state index contributed by atoms with van der Waals surface area (Å²) in [7, 11) is 0. The molecule has 3 heterocycles. The number of imidazole rings is 1. The summed E-state index contributed by atoms with van der Waals surface area (Å²) in [6.07, 6.45) is 4.98. The molecule has 13 rings (SSSR count). The summed E-state index contributed by atoms with van der Waals surface area (Å²) in [6.45, 7) is 10.8. The zero-order valence-corrected chi connectivity index (χ0v) is 49.4. The van der Waals surface area contributed by atoms with E-state index in [-0.39, 0.29) is 55.7 Å². The Bertz CT molecular complexity index is 5620. The zero-order valence-electron chi connectivity index (χ0n) is 68.4. The van der Waals surface area contributed by atoms with Crippen molar-refractivity contribution < 1.29 is 35.3 Å². The van der Waals surface area contributed by atoms with E-state index in [1.54, 1.807) is 57.7 Å². The molecule has 10 aromatic carbocycles. The Morgan fingerprint density at radius 3 is 1.78 bits per heavy atom. The van der Waals surface area contributed by atoms with Crippen molar-refractivity contribution in [3.8, 4) is 84.3 Å². The Balaban J connectivity index is 1.08. The van der Waals surface area contributed by atoms with Gasteiger partial charge in [0, 0.05) is 40.9 Å². The van der Waals surface area contributed by atoms with Crippen molar-refractivity contribution in [2.75, 3.05) is 0 Å². The van der Waals surface area contributed by atoms with E-state index in [4.69, 9.17) is 33.0 Å². The molecule has 0 saturated carbocycles. The predicted molar refractivity (Wildman–Crippen MR) is 360 cm³/mol. The summed E-state index contributed by atoms with van der Waals surface area (Å²) in [4.78, 5) is 4.76. The van der Waals surface area contributed by atoms with Crippen LogP contribution in [0.3, 0.4) is 0 Å². The molecule has 0 saturated heterocycles. The second-order valence-corrected chi connectivity index (χ2v) is 25.0. The molecule has 0 radical (unpaired) electrons. The van der Waals surface area contributed by atoms with Crippen LogP contribution in [0.5, 0.6) is 11.5 Å². The van der Waals surface area contributed by atoms with Gasteiger partial charge in [-0.1, -0.05) is 220 Å². The number of hydrogen-bond acceptors (Lipinski definition) is 2. The van der Waals surface area contributed by atoms with E-state index in [2.05, 4.69) is 92.9 Å². The highest BCUT2D eigenvalue weighted by atomic mass is 16.5. The minimum absolute atomic E-state index is 0.00935. The van der Waals surface area contributed by atoms with Crippen LogP contribution in [-0.2, 0) is 16.2 Å². The number of ether oxygens (including phenoxy) is 1. The fourth-order valence-electron chi connectivity index (χ4n) is 11.4. The Labute approximate surface area is 534 Å². The quantitative estimate of drug-likeness (QED) is 0.101. The maximum Gasteiger partial charge on any atom is 0.269 e. The Morgan fingerprint density at radius 2 is 1.08 bits per heavy atom. The molecule has 0 N–H and O–H groups in total. The number of rotatable bonds is 10. The SMILES string of the molecule is [2H]c1c([2H])c([2H])c(-c2cc(-c3cccc(C(C)(C)C)c3)c(-[n+]3[c-]n(-c4cccc(Oc5ccc6c7ccccc7n(-c7cc(C([2H])([2H])[2H])c(-c8c([2H])c([2H])c([2H])c([2H])c8[2H])cn7)c6c5)c4)c4cc(-c5c(C([2H])([2H])[2H])cccc5C([2H])([2H])[2H])ccc43)c(-c3cc(C(C)(C)C)cc(C(C)(C)C)c3)c2)c([2H])c1[2H]. The molecule has 13 aromatic rings.